The predicted octanol–water partition coefficient (Wildman–Crippen LogP) is 4.50. The van der Waals surface area contributed by atoms with Crippen LogP contribution in [0.15, 0.2) is 72.8 Å². The second-order valence-corrected chi connectivity index (χ2v) is 8.50. The Balaban J connectivity index is 1.76. The molecule has 0 saturated carbocycles. The van der Waals surface area contributed by atoms with Crippen molar-refractivity contribution >= 4 is 40.7 Å². The van der Waals surface area contributed by atoms with E-state index in [0.717, 1.165) is 11.1 Å². The Kier molecular flexibility index (Phi) is 4.68. The van der Waals surface area contributed by atoms with Crippen molar-refractivity contribution < 1.29 is 14.3 Å². The Morgan fingerprint density at radius 3 is 2.32 bits per heavy atom. The van der Waals surface area contributed by atoms with Crippen LogP contribution in [0.4, 0.5) is 5.69 Å². The molecule has 0 unspecified atom stereocenters. The number of carbonyl (C=O) groups excluding carboxylic acids is 2. The molecule has 31 heavy (non-hydrogen) atoms. The topological polar surface area (TPSA) is 49.9 Å². The van der Waals surface area contributed by atoms with Crippen molar-refractivity contribution in [3.63, 3.8) is 0 Å². The van der Waals surface area contributed by atoms with Gasteiger partial charge in [0.2, 0.25) is 12.0 Å². The van der Waals surface area contributed by atoms with E-state index in [-0.39, 0.29) is 18.4 Å². The van der Waals surface area contributed by atoms with E-state index in [0.29, 0.717) is 21.5 Å². The number of hydrogen-bond donors (Lipinski definition) is 0. The summed E-state index contributed by atoms with van der Waals surface area (Å²) in [4.78, 5) is 29.4. The molecule has 0 bridgehead atoms. The molecule has 3 aromatic carbocycles. The molecule has 156 valence electrons. The Labute approximate surface area is 189 Å². The van der Waals surface area contributed by atoms with Crippen LogP contribution in [0.3, 0.4) is 0 Å². The number of fused-ring (bicyclic) bond motifs is 3. The second kappa shape index (κ2) is 7.29. The molecule has 2 amide bonds. The van der Waals surface area contributed by atoms with Gasteiger partial charge in [-0.25, -0.2) is 0 Å². The van der Waals surface area contributed by atoms with E-state index >= 15 is 0 Å². The standard InChI is InChI=1S/C24H18Cl2N2O3/c1-27-20-12-9-17(26)13-19(20)24(15-5-3-2-4-6-15)22(23(30)28(24)14-21(27)29)31-18-10-7-16(25)8-11-18/h2-13,22H,14H2,1H3/t22-,24-/m1/s1. The molecular weight excluding hydrogens is 435 g/mol. The second-order valence-electron chi connectivity index (χ2n) is 7.62. The molecule has 2 heterocycles. The summed E-state index contributed by atoms with van der Waals surface area (Å²) in [6.07, 6.45) is -0.868. The van der Waals surface area contributed by atoms with Gasteiger partial charge in [0, 0.05) is 28.3 Å². The summed E-state index contributed by atoms with van der Waals surface area (Å²) in [6, 6.07) is 21.9. The maximum atomic E-state index is 13.3. The summed E-state index contributed by atoms with van der Waals surface area (Å²) in [5.41, 5.74) is 1.29. The molecule has 7 heteroatoms. The van der Waals surface area contributed by atoms with Crippen molar-refractivity contribution in [1.82, 2.24) is 4.90 Å². The average Bonchev–Trinajstić information content (AvgIpc) is 2.86. The van der Waals surface area contributed by atoms with Crippen molar-refractivity contribution in [2.75, 3.05) is 18.5 Å². The molecular formula is C24H18Cl2N2O3. The van der Waals surface area contributed by atoms with Crippen LogP contribution in [0.25, 0.3) is 0 Å². The third-order valence-electron chi connectivity index (χ3n) is 5.98. The Bertz CT molecular complexity index is 1180. The highest BCUT2D eigenvalue weighted by Crippen LogP contribution is 2.53. The summed E-state index contributed by atoms with van der Waals surface area (Å²) in [5.74, 6) is 0.0817. The van der Waals surface area contributed by atoms with Crippen LogP contribution < -0.4 is 9.64 Å². The largest absolute Gasteiger partial charge is 0.477 e. The van der Waals surface area contributed by atoms with Crippen LogP contribution in [-0.4, -0.2) is 36.4 Å². The first-order valence-corrected chi connectivity index (χ1v) is 10.5. The molecule has 0 radical (unpaired) electrons. The monoisotopic (exact) mass is 452 g/mol. The number of carbonyl (C=O) groups is 2. The van der Waals surface area contributed by atoms with E-state index < -0.39 is 11.6 Å². The number of ether oxygens (including phenoxy) is 1. The highest BCUT2D eigenvalue weighted by atomic mass is 35.5. The zero-order chi connectivity index (χ0) is 21.8. The molecule has 2 aliphatic rings. The third kappa shape index (κ3) is 2.92. The van der Waals surface area contributed by atoms with E-state index in [1.165, 1.54) is 0 Å². The van der Waals surface area contributed by atoms with Gasteiger partial charge in [-0.2, -0.15) is 0 Å². The first-order valence-electron chi connectivity index (χ1n) is 9.78. The van der Waals surface area contributed by atoms with Gasteiger partial charge in [-0.3, -0.25) is 9.59 Å². The molecule has 2 atom stereocenters. The minimum Gasteiger partial charge on any atom is -0.477 e. The maximum absolute atomic E-state index is 13.3. The normalized spacial score (nSPS) is 22.4. The lowest BCUT2D eigenvalue weighted by atomic mass is 9.69. The minimum absolute atomic E-state index is 0.0585. The van der Waals surface area contributed by atoms with E-state index in [2.05, 4.69) is 0 Å². The minimum atomic E-state index is -1.00. The highest BCUT2D eigenvalue weighted by molar-refractivity contribution is 6.31. The first kappa shape index (κ1) is 19.9. The van der Waals surface area contributed by atoms with Crippen molar-refractivity contribution in [3.8, 4) is 5.75 Å². The lowest BCUT2D eigenvalue weighted by molar-refractivity contribution is -0.177. The molecule has 0 aromatic heterocycles. The summed E-state index contributed by atoms with van der Waals surface area (Å²) in [5, 5.41) is 1.09. The molecule has 2 aliphatic heterocycles. The molecule has 5 rings (SSSR count). The highest BCUT2D eigenvalue weighted by Gasteiger charge is 2.66. The van der Waals surface area contributed by atoms with Crippen LogP contribution in [0.5, 0.6) is 5.75 Å². The molecule has 5 nitrogen and oxygen atoms in total. The van der Waals surface area contributed by atoms with Gasteiger partial charge in [0.15, 0.2) is 0 Å². The fourth-order valence-corrected chi connectivity index (χ4v) is 4.78. The van der Waals surface area contributed by atoms with Crippen molar-refractivity contribution in [1.29, 1.82) is 0 Å². The lowest BCUT2D eigenvalue weighted by Crippen LogP contribution is -2.74. The number of nitrogens with zero attached hydrogens (tertiary/aromatic N) is 2. The quantitative estimate of drug-likeness (QED) is 0.549. The van der Waals surface area contributed by atoms with E-state index in [1.54, 1.807) is 47.2 Å². The summed E-state index contributed by atoms with van der Waals surface area (Å²) in [7, 11) is 1.71. The summed E-state index contributed by atoms with van der Waals surface area (Å²) in [6.45, 7) is -0.0585. The van der Waals surface area contributed by atoms with Gasteiger partial charge in [0.25, 0.3) is 5.91 Å². The number of benzene rings is 3. The Morgan fingerprint density at radius 1 is 0.935 bits per heavy atom. The number of rotatable bonds is 3. The van der Waals surface area contributed by atoms with Gasteiger partial charge in [0.05, 0.1) is 0 Å². The SMILES string of the molecule is CN1C(=O)CN2C(=O)[C@@H](Oc3ccc(Cl)cc3)[C@@]2(c2ccccc2)c2cc(Cl)ccc21. The smallest absolute Gasteiger partial charge is 0.268 e. The summed E-state index contributed by atoms with van der Waals surface area (Å²) < 4.78 is 6.24. The van der Waals surface area contributed by atoms with Crippen LogP contribution in [-0.2, 0) is 15.1 Å². The van der Waals surface area contributed by atoms with Crippen molar-refractivity contribution in [3.05, 3.63) is 94.0 Å². The van der Waals surface area contributed by atoms with Gasteiger partial charge in [-0.05, 0) is 48.0 Å². The fraction of sp³-hybridized carbons (Fsp3) is 0.167. The number of amides is 2. The number of halogens is 2. The predicted molar refractivity (Wildman–Crippen MR) is 120 cm³/mol. The number of β-lactam (4-membered cyclic amide) rings is 1. The molecule has 3 aromatic rings. The number of hydrogen-bond acceptors (Lipinski definition) is 3. The molecule has 1 fully saturated rings. The average molecular weight is 453 g/mol. The van der Waals surface area contributed by atoms with E-state index in [9.17, 15) is 9.59 Å². The van der Waals surface area contributed by atoms with Gasteiger partial charge in [0.1, 0.15) is 17.8 Å². The van der Waals surface area contributed by atoms with E-state index in [4.69, 9.17) is 27.9 Å². The van der Waals surface area contributed by atoms with Crippen molar-refractivity contribution in [2.45, 2.75) is 11.6 Å². The van der Waals surface area contributed by atoms with Crippen LogP contribution in [0.2, 0.25) is 10.0 Å². The summed E-state index contributed by atoms with van der Waals surface area (Å²) >= 11 is 12.4. The molecule has 0 spiro atoms. The maximum Gasteiger partial charge on any atom is 0.268 e. The third-order valence-corrected chi connectivity index (χ3v) is 6.46. The first-order chi connectivity index (χ1) is 14.9. The van der Waals surface area contributed by atoms with Gasteiger partial charge < -0.3 is 14.5 Å². The van der Waals surface area contributed by atoms with Gasteiger partial charge >= 0.3 is 0 Å². The molecule has 0 aliphatic carbocycles. The Hall–Kier alpha value is -3.02. The zero-order valence-electron chi connectivity index (χ0n) is 16.6. The van der Waals surface area contributed by atoms with E-state index in [1.807, 2.05) is 42.5 Å². The molecule has 0 N–H and O–H groups in total. The van der Waals surface area contributed by atoms with Crippen molar-refractivity contribution in [2.24, 2.45) is 0 Å². The van der Waals surface area contributed by atoms with Crippen LogP contribution >= 0.6 is 23.2 Å². The fourth-order valence-electron chi connectivity index (χ4n) is 4.48. The van der Waals surface area contributed by atoms with Crippen LogP contribution in [0, 0.1) is 0 Å². The number of anilines is 1. The van der Waals surface area contributed by atoms with Gasteiger partial charge in [-0.1, -0.05) is 53.5 Å². The lowest BCUT2D eigenvalue weighted by Gasteiger charge is -2.56. The number of likely N-dealkylation sites (N-methyl/N-ethyl adjacent to an activating group) is 1. The van der Waals surface area contributed by atoms with Gasteiger partial charge in [-0.15, -0.1) is 0 Å². The van der Waals surface area contributed by atoms with Crippen LogP contribution in [0.1, 0.15) is 11.1 Å². The molecule has 1 saturated heterocycles. The Morgan fingerprint density at radius 2 is 1.61 bits per heavy atom. The zero-order valence-corrected chi connectivity index (χ0v) is 18.1.